The van der Waals surface area contributed by atoms with E-state index in [9.17, 15) is 19.5 Å². The second-order valence-corrected chi connectivity index (χ2v) is 9.58. The SMILES string of the molecule is O=C1CSC(=S)C1.O=C1NC(=S)S/C1=C\c1cccc(O)c1.O=Cc1cccc(O)c1. The van der Waals surface area contributed by atoms with Gasteiger partial charge in [0.25, 0.3) is 5.91 Å². The second kappa shape index (κ2) is 12.4. The van der Waals surface area contributed by atoms with E-state index in [0.717, 1.165) is 9.76 Å². The first-order valence-corrected chi connectivity index (χ1v) is 11.3. The van der Waals surface area contributed by atoms with E-state index < -0.39 is 0 Å². The molecule has 2 heterocycles. The maximum atomic E-state index is 11.3. The van der Waals surface area contributed by atoms with Crippen LogP contribution in [0.3, 0.4) is 0 Å². The fourth-order valence-electron chi connectivity index (χ4n) is 2.21. The number of thioether (sulfide) groups is 2. The molecule has 0 aliphatic carbocycles. The molecule has 0 unspecified atom stereocenters. The lowest BCUT2D eigenvalue weighted by Crippen LogP contribution is -2.17. The van der Waals surface area contributed by atoms with Gasteiger partial charge in [-0.15, -0.1) is 11.8 Å². The number of thiocarbonyl (C=S) groups is 2. The predicted molar refractivity (Wildman–Crippen MR) is 133 cm³/mol. The molecule has 2 fully saturated rings. The van der Waals surface area contributed by atoms with Crippen LogP contribution in [-0.2, 0) is 9.59 Å². The molecule has 4 rings (SSSR count). The standard InChI is InChI=1S/C10H7NO2S2.C7H6O2.C4H4OS2/c12-7-3-1-2-6(4-7)5-8-9(13)11-10(14)15-8;8-5-6-2-1-3-7(9)4-6;5-3-1-4(6)7-2-3/h1-5,12H,(H,11,13,14);1-5,9H;1-2H2/b8-5-;;. The zero-order chi connectivity index (χ0) is 22.8. The highest BCUT2D eigenvalue weighted by molar-refractivity contribution is 8.27. The van der Waals surface area contributed by atoms with E-state index in [2.05, 4.69) is 5.32 Å². The zero-order valence-corrected chi connectivity index (χ0v) is 19.2. The van der Waals surface area contributed by atoms with Gasteiger partial charge in [0.1, 0.15) is 27.9 Å². The van der Waals surface area contributed by atoms with Crippen LogP contribution in [0, 0.1) is 0 Å². The highest BCUT2D eigenvalue weighted by atomic mass is 32.2. The van der Waals surface area contributed by atoms with Crippen molar-refractivity contribution in [3.63, 3.8) is 0 Å². The van der Waals surface area contributed by atoms with Crippen LogP contribution in [0.1, 0.15) is 22.3 Å². The van der Waals surface area contributed by atoms with E-state index >= 15 is 0 Å². The number of ketones is 1. The molecule has 160 valence electrons. The summed E-state index contributed by atoms with van der Waals surface area (Å²) in [5, 5.41) is 20.6. The van der Waals surface area contributed by atoms with Crippen LogP contribution < -0.4 is 5.32 Å². The molecule has 2 saturated heterocycles. The molecule has 2 aliphatic heterocycles. The van der Waals surface area contributed by atoms with E-state index in [1.807, 2.05) is 6.07 Å². The number of nitrogens with one attached hydrogen (secondary N) is 1. The number of amides is 1. The first kappa shape index (κ1) is 24.7. The number of phenolic OH excluding ortho intramolecular Hbond substituents is 2. The third kappa shape index (κ3) is 9.01. The molecule has 2 aromatic rings. The Balaban J connectivity index is 0.000000181. The van der Waals surface area contributed by atoms with Crippen molar-refractivity contribution in [2.45, 2.75) is 6.42 Å². The molecule has 31 heavy (non-hydrogen) atoms. The number of hydrogen-bond donors (Lipinski definition) is 3. The van der Waals surface area contributed by atoms with Gasteiger partial charge < -0.3 is 15.5 Å². The number of phenols is 2. The second-order valence-electron chi connectivity index (χ2n) is 6.04. The van der Waals surface area contributed by atoms with E-state index in [-0.39, 0.29) is 23.2 Å². The topological polar surface area (TPSA) is 104 Å². The number of Topliss-reactive ketones (excluding diaryl/α,β-unsaturated/α-hetero) is 1. The predicted octanol–water partition coefficient (Wildman–Crippen LogP) is 4.11. The average molecular weight is 492 g/mol. The van der Waals surface area contributed by atoms with Crippen LogP contribution in [0.5, 0.6) is 11.5 Å². The smallest absolute Gasteiger partial charge is 0.263 e. The number of hydrogen-bond acceptors (Lipinski definition) is 9. The van der Waals surface area contributed by atoms with Gasteiger partial charge in [-0.2, -0.15) is 0 Å². The van der Waals surface area contributed by atoms with Gasteiger partial charge in [-0.1, -0.05) is 60.5 Å². The lowest BCUT2D eigenvalue weighted by Gasteiger charge is -1.95. The molecule has 3 N–H and O–H groups in total. The van der Waals surface area contributed by atoms with Crippen molar-refractivity contribution in [3.8, 4) is 11.5 Å². The Morgan fingerprint density at radius 3 is 1.97 bits per heavy atom. The first-order chi connectivity index (χ1) is 14.8. The lowest BCUT2D eigenvalue weighted by molar-refractivity contribution is -0.116. The third-order valence-corrected chi connectivity index (χ3v) is 6.15. The third-order valence-electron chi connectivity index (χ3n) is 3.55. The summed E-state index contributed by atoms with van der Waals surface area (Å²) >= 11 is 12.3. The molecule has 0 spiro atoms. The Morgan fingerprint density at radius 2 is 1.58 bits per heavy atom. The van der Waals surface area contributed by atoms with Crippen molar-refractivity contribution in [1.82, 2.24) is 5.32 Å². The molecule has 0 radical (unpaired) electrons. The minimum absolute atomic E-state index is 0.125. The number of carbonyl (C=O) groups is 3. The normalized spacial score (nSPS) is 16.2. The molecule has 2 aliphatic rings. The molecule has 10 heteroatoms. The Bertz CT molecular complexity index is 1040. The van der Waals surface area contributed by atoms with E-state index in [4.69, 9.17) is 29.5 Å². The minimum Gasteiger partial charge on any atom is -0.508 e. The van der Waals surface area contributed by atoms with Gasteiger partial charge in [0.2, 0.25) is 0 Å². The van der Waals surface area contributed by atoms with E-state index in [0.29, 0.717) is 33.2 Å². The summed E-state index contributed by atoms with van der Waals surface area (Å²) in [6, 6.07) is 12.9. The quantitative estimate of drug-likeness (QED) is 0.325. The van der Waals surface area contributed by atoms with Gasteiger partial charge in [0.05, 0.1) is 14.9 Å². The summed E-state index contributed by atoms with van der Waals surface area (Å²) < 4.78 is 1.32. The van der Waals surface area contributed by atoms with Gasteiger partial charge in [-0.05, 0) is 35.9 Å². The fourth-order valence-corrected chi connectivity index (χ4v) is 4.28. The number of aromatic hydroxyl groups is 2. The highest BCUT2D eigenvalue weighted by Crippen LogP contribution is 2.26. The van der Waals surface area contributed by atoms with Crippen LogP contribution in [0.4, 0.5) is 0 Å². The molecule has 2 aromatic carbocycles. The summed E-state index contributed by atoms with van der Waals surface area (Å²) in [5.74, 6) is 0.997. The first-order valence-electron chi connectivity index (χ1n) is 8.72. The summed E-state index contributed by atoms with van der Waals surface area (Å²) in [4.78, 5) is 32.3. The summed E-state index contributed by atoms with van der Waals surface area (Å²) in [6.45, 7) is 0. The van der Waals surface area contributed by atoms with E-state index in [1.54, 1.807) is 36.4 Å². The van der Waals surface area contributed by atoms with Crippen molar-refractivity contribution >= 4 is 80.5 Å². The Labute approximate surface area is 198 Å². The van der Waals surface area contributed by atoms with Crippen LogP contribution in [0.15, 0.2) is 53.4 Å². The van der Waals surface area contributed by atoms with Crippen LogP contribution in [-0.4, -0.2) is 42.5 Å². The Kier molecular flexibility index (Phi) is 9.86. The molecule has 0 bridgehead atoms. The maximum absolute atomic E-state index is 11.3. The van der Waals surface area contributed by atoms with E-state index in [1.165, 1.54) is 35.7 Å². The van der Waals surface area contributed by atoms with Crippen molar-refractivity contribution in [2.24, 2.45) is 0 Å². The van der Waals surface area contributed by atoms with Crippen molar-refractivity contribution < 1.29 is 24.6 Å². The molecule has 6 nitrogen and oxygen atoms in total. The van der Waals surface area contributed by atoms with Crippen LogP contribution >= 0.6 is 48.0 Å². The molecule has 0 saturated carbocycles. The van der Waals surface area contributed by atoms with Crippen molar-refractivity contribution in [3.05, 3.63) is 64.6 Å². The Hall–Kier alpha value is -2.53. The number of rotatable bonds is 2. The van der Waals surface area contributed by atoms with Crippen LogP contribution in [0.25, 0.3) is 6.08 Å². The van der Waals surface area contributed by atoms with Gasteiger partial charge in [-0.25, -0.2) is 0 Å². The van der Waals surface area contributed by atoms with Crippen molar-refractivity contribution in [2.75, 3.05) is 5.75 Å². The van der Waals surface area contributed by atoms with Gasteiger partial charge in [0.15, 0.2) is 0 Å². The number of benzene rings is 2. The maximum Gasteiger partial charge on any atom is 0.263 e. The summed E-state index contributed by atoms with van der Waals surface area (Å²) in [6.07, 6.45) is 2.92. The monoisotopic (exact) mass is 491 g/mol. The lowest BCUT2D eigenvalue weighted by atomic mass is 10.2. The van der Waals surface area contributed by atoms with Gasteiger partial charge in [0, 0.05) is 12.0 Å². The molecule has 0 atom stereocenters. The number of carbonyl (C=O) groups excluding carboxylic acids is 3. The molecular formula is C21H17NO5S4. The molecule has 1 amide bonds. The molecule has 0 aromatic heterocycles. The average Bonchev–Trinajstić information content (AvgIpc) is 3.25. The Morgan fingerprint density at radius 1 is 0.968 bits per heavy atom. The number of aldehydes is 1. The molecular weight excluding hydrogens is 475 g/mol. The fraction of sp³-hybridized carbons (Fsp3) is 0.0952. The van der Waals surface area contributed by atoms with Crippen molar-refractivity contribution in [1.29, 1.82) is 0 Å². The van der Waals surface area contributed by atoms with Gasteiger partial charge >= 0.3 is 0 Å². The largest absolute Gasteiger partial charge is 0.508 e. The minimum atomic E-state index is -0.187. The zero-order valence-electron chi connectivity index (χ0n) is 15.9. The summed E-state index contributed by atoms with van der Waals surface area (Å²) in [5.41, 5.74) is 1.27. The summed E-state index contributed by atoms with van der Waals surface area (Å²) in [7, 11) is 0. The van der Waals surface area contributed by atoms with Crippen LogP contribution in [0.2, 0.25) is 0 Å². The van der Waals surface area contributed by atoms with Gasteiger partial charge in [-0.3, -0.25) is 14.4 Å². The highest BCUT2D eigenvalue weighted by Gasteiger charge is 2.21.